The molecule has 0 unspecified atom stereocenters. The number of halogens is 3. The summed E-state index contributed by atoms with van der Waals surface area (Å²) in [6.45, 7) is 0. The molecular weight excluding hydrogens is 283 g/mol. The Morgan fingerprint density at radius 2 is 1.60 bits per heavy atom. The number of hydrogen-bond donors (Lipinski definition) is 2. The van der Waals surface area contributed by atoms with Gasteiger partial charge >= 0.3 is 3.12 Å². The van der Waals surface area contributed by atoms with E-state index in [-0.39, 0.29) is 0 Å². The van der Waals surface area contributed by atoms with Crippen molar-refractivity contribution in [2.24, 2.45) is 0 Å². The molecular formula is C7H7Cl3N2O2S. The fraction of sp³-hybridized carbons (Fsp3) is 0.143. The predicted molar refractivity (Wildman–Crippen MR) is 62.4 cm³/mol. The summed E-state index contributed by atoms with van der Waals surface area (Å²) in [6.07, 6.45) is 0. The summed E-state index contributed by atoms with van der Waals surface area (Å²) in [7, 11) is -4.06. The molecule has 0 aliphatic rings. The third kappa shape index (κ3) is 3.70. The third-order valence-electron chi connectivity index (χ3n) is 1.41. The van der Waals surface area contributed by atoms with E-state index in [4.69, 9.17) is 34.8 Å². The van der Waals surface area contributed by atoms with E-state index in [9.17, 15) is 8.42 Å². The SMILES string of the molecule is O=S(=O)(NNc1ccccc1)C(Cl)(Cl)Cl. The lowest BCUT2D eigenvalue weighted by atomic mass is 10.3. The highest BCUT2D eigenvalue weighted by atomic mass is 35.6. The Kier molecular flexibility index (Phi) is 4.08. The lowest BCUT2D eigenvalue weighted by Crippen LogP contribution is -2.37. The standard InChI is InChI=1S/C7H7Cl3N2O2S/c8-7(9,10)15(13,14)12-11-6-4-2-1-3-5-6/h1-5,11-12H. The van der Waals surface area contributed by atoms with Crippen molar-refractivity contribution in [1.82, 2.24) is 4.83 Å². The topological polar surface area (TPSA) is 58.2 Å². The quantitative estimate of drug-likeness (QED) is 0.663. The minimum atomic E-state index is -4.06. The molecule has 15 heavy (non-hydrogen) atoms. The Labute approximate surface area is 103 Å². The molecule has 0 radical (unpaired) electrons. The average molecular weight is 290 g/mol. The van der Waals surface area contributed by atoms with Crippen LogP contribution in [0.4, 0.5) is 5.69 Å². The smallest absolute Gasteiger partial charge is 0.308 e. The van der Waals surface area contributed by atoms with Crippen molar-refractivity contribution in [3.05, 3.63) is 30.3 Å². The first-order valence-electron chi connectivity index (χ1n) is 3.72. The maximum absolute atomic E-state index is 11.3. The lowest BCUT2D eigenvalue weighted by Gasteiger charge is -2.14. The summed E-state index contributed by atoms with van der Waals surface area (Å²) >= 11 is 15.7. The van der Waals surface area contributed by atoms with Crippen LogP contribution in [0.2, 0.25) is 0 Å². The van der Waals surface area contributed by atoms with Crippen LogP contribution in [-0.2, 0) is 10.0 Å². The number of sulfonamides is 1. The fourth-order valence-electron chi connectivity index (χ4n) is 0.705. The second-order valence-corrected chi connectivity index (χ2v) is 7.32. The van der Waals surface area contributed by atoms with Gasteiger partial charge in [-0.25, -0.2) is 8.42 Å². The summed E-state index contributed by atoms with van der Waals surface area (Å²) in [5.41, 5.74) is 2.94. The molecule has 1 aromatic rings. The first-order chi connectivity index (χ1) is 6.83. The summed E-state index contributed by atoms with van der Waals surface area (Å²) in [6, 6.07) is 8.55. The van der Waals surface area contributed by atoms with Gasteiger partial charge in [0.2, 0.25) is 0 Å². The molecule has 0 saturated carbocycles. The molecule has 0 spiro atoms. The molecule has 2 N–H and O–H groups in total. The van der Waals surface area contributed by atoms with Crippen LogP contribution in [0.5, 0.6) is 0 Å². The van der Waals surface area contributed by atoms with Crippen molar-refractivity contribution in [2.75, 3.05) is 5.43 Å². The minimum Gasteiger partial charge on any atom is -0.308 e. The molecule has 1 aromatic carbocycles. The first-order valence-corrected chi connectivity index (χ1v) is 6.34. The first kappa shape index (κ1) is 12.9. The van der Waals surface area contributed by atoms with Crippen LogP contribution in [0.15, 0.2) is 30.3 Å². The van der Waals surface area contributed by atoms with E-state index in [0.717, 1.165) is 0 Å². The van der Waals surface area contributed by atoms with Crippen LogP contribution >= 0.6 is 34.8 Å². The number of hydrogen-bond acceptors (Lipinski definition) is 3. The van der Waals surface area contributed by atoms with Crippen molar-refractivity contribution in [3.63, 3.8) is 0 Å². The van der Waals surface area contributed by atoms with Gasteiger partial charge < -0.3 is 5.43 Å². The fourth-order valence-corrected chi connectivity index (χ4v) is 1.42. The third-order valence-corrected chi connectivity index (χ3v) is 4.22. The molecule has 0 bridgehead atoms. The van der Waals surface area contributed by atoms with Gasteiger partial charge in [-0.15, -0.1) is 4.83 Å². The van der Waals surface area contributed by atoms with E-state index in [0.29, 0.717) is 5.69 Å². The largest absolute Gasteiger partial charge is 0.308 e. The van der Waals surface area contributed by atoms with Crippen LogP contribution in [0.1, 0.15) is 0 Å². The van der Waals surface area contributed by atoms with E-state index >= 15 is 0 Å². The molecule has 0 aliphatic heterocycles. The van der Waals surface area contributed by atoms with E-state index in [1.54, 1.807) is 30.3 Å². The number of benzene rings is 1. The van der Waals surface area contributed by atoms with E-state index in [2.05, 4.69) is 5.43 Å². The Morgan fingerprint density at radius 3 is 2.07 bits per heavy atom. The monoisotopic (exact) mass is 288 g/mol. The van der Waals surface area contributed by atoms with E-state index in [1.165, 1.54) is 0 Å². The molecule has 4 nitrogen and oxygen atoms in total. The Morgan fingerprint density at radius 1 is 1.07 bits per heavy atom. The summed E-state index contributed by atoms with van der Waals surface area (Å²) < 4.78 is 20.1. The zero-order valence-electron chi connectivity index (χ0n) is 7.25. The normalized spacial score (nSPS) is 12.5. The molecule has 0 heterocycles. The minimum absolute atomic E-state index is 0.537. The summed E-state index contributed by atoms with van der Waals surface area (Å²) in [5.74, 6) is 0. The highest BCUT2D eigenvalue weighted by molar-refractivity contribution is 7.95. The molecule has 84 valence electrons. The predicted octanol–water partition coefficient (Wildman–Crippen LogP) is 2.26. The summed E-state index contributed by atoms with van der Waals surface area (Å²) in [4.78, 5) is 1.94. The molecule has 1 rings (SSSR count). The number of para-hydroxylation sites is 1. The molecule has 0 aromatic heterocycles. The van der Waals surface area contributed by atoms with Gasteiger partial charge in [-0.2, -0.15) is 0 Å². The Balaban J connectivity index is 2.67. The van der Waals surface area contributed by atoms with Crippen LogP contribution in [0.3, 0.4) is 0 Å². The second kappa shape index (κ2) is 4.76. The lowest BCUT2D eigenvalue weighted by molar-refractivity contribution is 0.588. The van der Waals surface area contributed by atoms with Crippen molar-refractivity contribution >= 4 is 50.5 Å². The van der Waals surface area contributed by atoms with Crippen LogP contribution in [0.25, 0.3) is 0 Å². The number of nitrogens with one attached hydrogen (secondary N) is 2. The molecule has 0 atom stereocenters. The maximum Gasteiger partial charge on any atom is 0.308 e. The second-order valence-electron chi connectivity index (χ2n) is 2.54. The summed E-state index contributed by atoms with van der Waals surface area (Å²) in [5, 5.41) is 0. The molecule has 0 saturated heterocycles. The van der Waals surface area contributed by atoms with Gasteiger partial charge in [0.15, 0.2) is 0 Å². The van der Waals surface area contributed by atoms with E-state index < -0.39 is 13.1 Å². The van der Waals surface area contributed by atoms with Crippen molar-refractivity contribution in [3.8, 4) is 0 Å². The highest BCUT2D eigenvalue weighted by Gasteiger charge is 2.37. The van der Waals surface area contributed by atoms with Crippen molar-refractivity contribution in [2.45, 2.75) is 3.12 Å². The van der Waals surface area contributed by atoms with Gasteiger partial charge in [0.1, 0.15) is 0 Å². The van der Waals surface area contributed by atoms with Crippen molar-refractivity contribution < 1.29 is 8.42 Å². The number of anilines is 1. The molecule has 0 aliphatic carbocycles. The average Bonchev–Trinajstić information content (AvgIpc) is 2.15. The van der Waals surface area contributed by atoms with Gasteiger partial charge in [0.05, 0.1) is 0 Å². The zero-order chi connectivity index (χ0) is 11.5. The van der Waals surface area contributed by atoms with Gasteiger partial charge in [0, 0.05) is 5.69 Å². The molecule has 8 heteroatoms. The van der Waals surface area contributed by atoms with Gasteiger partial charge in [-0.3, -0.25) is 0 Å². The Hall–Kier alpha value is -0.200. The van der Waals surface area contributed by atoms with Crippen molar-refractivity contribution in [1.29, 1.82) is 0 Å². The van der Waals surface area contributed by atoms with Gasteiger partial charge in [0.25, 0.3) is 10.0 Å². The molecule has 0 amide bonds. The Bertz CT molecular complexity index is 416. The van der Waals surface area contributed by atoms with Crippen LogP contribution < -0.4 is 10.3 Å². The van der Waals surface area contributed by atoms with Gasteiger partial charge in [-0.1, -0.05) is 53.0 Å². The van der Waals surface area contributed by atoms with Gasteiger partial charge in [-0.05, 0) is 12.1 Å². The van der Waals surface area contributed by atoms with Crippen LogP contribution in [0, 0.1) is 0 Å². The number of alkyl halides is 3. The highest BCUT2D eigenvalue weighted by Crippen LogP contribution is 2.31. The molecule has 0 fully saturated rings. The number of rotatable bonds is 3. The zero-order valence-corrected chi connectivity index (χ0v) is 10.3. The maximum atomic E-state index is 11.3. The van der Waals surface area contributed by atoms with E-state index in [1.807, 2.05) is 4.83 Å². The van der Waals surface area contributed by atoms with Crippen LogP contribution in [-0.4, -0.2) is 11.5 Å². The number of hydrazine groups is 1.